The highest BCUT2D eigenvalue weighted by Gasteiger charge is 2.42. The molecule has 0 unspecified atom stereocenters. The van der Waals surface area contributed by atoms with E-state index in [0.29, 0.717) is 18.4 Å². The number of amides is 1. The molecule has 0 radical (unpaired) electrons. The molecule has 1 N–H and O–H groups in total. The zero-order chi connectivity index (χ0) is 19.4. The van der Waals surface area contributed by atoms with E-state index in [9.17, 15) is 18.8 Å². The second-order valence-electron chi connectivity index (χ2n) is 6.75. The van der Waals surface area contributed by atoms with Gasteiger partial charge in [0.25, 0.3) is 5.56 Å². The average Bonchev–Trinajstić information content (AvgIpc) is 2.65. The Labute approximate surface area is 155 Å². The quantitative estimate of drug-likeness (QED) is 0.807. The van der Waals surface area contributed by atoms with Crippen molar-refractivity contribution >= 4 is 22.8 Å². The molecule has 7 nitrogen and oxygen atoms in total. The summed E-state index contributed by atoms with van der Waals surface area (Å²) in [5.74, 6) is -1.47. The van der Waals surface area contributed by atoms with Crippen molar-refractivity contribution in [2.45, 2.75) is 51.1 Å². The lowest BCUT2D eigenvalue weighted by atomic mass is 9.81. The number of ether oxygens (including phenoxy) is 1. The number of nitrogens with zero attached hydrogens (tertiary/aromatic N) is 2. The van der Waals surface area contributed by atoms with Crippen molar-refractivity contribution < 1.29 is 18.7 Å². The van der Waals surface area contributed by atoms with Crippen molar-refractivity contribution in [2.75, 3.05) is 6.61 Å². The normalized spacial score (nSPS) is 16.1. The highest BCUT2D eigenvalue weighted by atomic mass is 19.1. The fraction of sp³-hybridized carbons (Fsp3) is 0.474. The van der Waals surface area contributed by atoms with Crippen LogP contribution in [-0.4, -0.2) is 33.6 Å². The number of fused-ring (bicyclic) bond motifs is 1. The summed E-state index contributed by atoms with van der Waals surface area (Å²) >= 11 is 0. The highest BCUT2D eigenvalue weighted by molar-refractivity contribution is 5.88. The SMILES string of the molecule is CCOC(=O)C1(NC(=O)Cn2cnc3ccc(F)cc3c2=O)CCCCC1. The maximum absolute atomic E-state index is 13.4. The summed E-state index contributed by atoms with van der Waals surface area (Å²) in [5, 5.41) is 2.88. The van der Waals surface area contributed by atoms with Crippen LogP contribution in [0, 0.1) is 5.82 Å². The van der Waals surface area contributed by atoms with Crippen LogP contribution >= 0.6 is 0 Å². The van der Waals surface area contributed by atoms with Crippen molar-refractivity contribution in [3.05, 3.63) is 40.7 Å². The topological polar surface area (TPSA) is 90.3 Å². The van der Waals surface area contributed by atoms with Gasteiger partial charge in [0.1, 0.15) is 17.9 Å². The Balaban J connectivity index is 1.82. The van der Waals surface area contributed by atoms with E-state index in [-0.39, 0.29) is 18.5 Å². The third-order valence-electron chi connectivity index (χ3n) is 4.85. The van der Waals surface area contributed by atoms with Crippen LogP contribution in [0.15, 0.2) is 29.3 Å². The Morgan fingerprint density at radius 1 is 1.30 bits per heavy atom. The second kappa shape index (κ2) is 7.85. The van der Waals surface area contributed by atoms with E-state index in [2.05, 4.69) is 10.3 Å². The fourth-order valence-electron chi connectivity index (χ4n) is 3.51. The number of aromatic nitrogens is 2. The molecule has 0 atom stereocenters. The number of carbonyl (C=O) groups excluding carboxylic acids is 2. The Bertz CT molecular complexity index is 919. The second-order valence-corrected chi connectivity index (χ2v) is 6.75. The average molecular weight is 375 g/mol. The molecule has 1 heterocycles. The van der Waals surface area contributed by atoms with E-state index < -0.39 is 28.8 Å². The molecule has 0 aliphatic heterocycles. The van der Waals surface area contributed by atoms with Crippen LogP contribution in [0.1, 0.15) is 39.0 Å². The van der Waals surface area contributed by atoms with E-state index >= 15 is 0 Å². The van der Waals surface area contributed by atoms with Crippen LogP contribution in [-0.2, 0) is 20.9 Å². The van der Waals surface area contributed by atoms with Gasteiger partial charge in [-0.2, -0.15) is 0 Å². The molecule has 1 aliphatic rings. The van der Waals surface area contributed by atoms with Gasteiger partial charge in [-0.1, -0.05) is 19.3 Å². The van der Waals surface area contributed by atoms with E-state index in [1.54, 1.807) is 6.92 Å². The van der Waals surface area contributed by atoms with Gasteiger partial charge in [-0.05, 0) is 38.0 Å². The lowest BCUT2D eigenvalue weighted by Crippen LogP contribution is -2.57. The number of nitrogens with one attached hydrogen (secondary N) is 1. The van der Waals surface area contributed by atoms with Crippen molar-refractivity contribution in [3.8, 4) is 0 Å². The zero-order valence-electron chi connectivity index (χ0n) is 15.2. The first-order chi connectivity index (χ1) is 12.9. The first-order valence-electron chi connectivity index (χ1n) is 9.08. The smallest absolute Gasteiger partial charge is 0.331 e. The summed E-state index contributed by atoms with van der Waals surface area (Å²) in [5.41, 5.74) is -1.21. The molecular weight excluding hydrogens is 353 g/mol. The number of hydrogen-bond donors (Lipinski definition) is 1. The number of benzene rings is 1. The van der Waals surface area contributed by atoms with Crippen molar-refractivity contribution in [1.82, 2.24) is 14.9 Å². The minimum atomic E-state index is -1.05. The summed E-state index contributed by atoms with van der Waals surface area (Å²) in [6.07, 6.45) is 4.89. The van der Waals surface area contributed by atoms with Crippen LogP contribution in [0.4, 0.5) is 4.39 Å². The van der Waals surface area contributed by atoms with E-state index in [4.69, 9.17) is 4.74 Å². The minimum absolute atomic E-state index is 0.100. The van der Waals surface area contributed by atoms with Gasteiger partial charge in [-0.3, -0.25) is 14.2 Å². The third-order valence-corrected chi connectivity index (χ3v) is 4.85. The highest BCUT2D eigenvalue weighted by Crippen LogP contribution is 2.29. The maximum atomic E-state index is 13.4. The predicted molar refractivity (Wildman–Crippen MR) is 96.6 cm³/mol. The molecule has 1 aliphatic carbocycles. The number of carbonyl (C=O) groups is 2. The maximum Gasteiger partial charge on any atom is 0.331 e. The van der Waals surface area contributed by atoms with E-state index in [1.807, 2.05) is 0 Å². The summed E-state index contributed by atoms with van der Waals surface area (Å²) in [6.45, 7) is 1.64. The predicted octanol–water partition coefficient (Wildman–Crippen LogP) is 1.92. The Morgan fingerprint density at radius 3 is 2.74 bits per heavy atom. The largest absolute Gasteiger partial charge is 0.464 e. The van der Waals surface area contributed by atoms with Crippen molar-refractivity contribution in [2.24, 2.45) is 0 Å². The summed E-state index contributed by atoms with van der Waals surface area (Å²) in [6, 6.07) is 3.73. The third kappa shape index (κ3) is 3.99. The van der Waals surface area contributed by atoms with Crippen LogP contribution in [0.2, 0.25) is 0 Å². The summed E-state index contributed by atoms with van der Waals surface area (Å²) < 4.78 is 19.7. The molecule has 3 rings (SSSR count). The molecule has 1 fully saturated rings. The minimum Gasteiger partial charge on any atom is -0.464 e. The lowest BCUT2D eigenvalue weighted by Gasteiger charge is -2.35. The molecule has 0 spiro atoms. The van der Waals surface area contributed by atoms with Gasteiger partial charge in [0.15, 0.2) is 0 Å². The van der Waals surface area contributed by atoms with Crippen molar-refractivity contribution in [3.63, 3.8) is 0 Å². The molecule has 1 aromatic heterocycles. The monoisotopic (exact) mass is 375 g/mol. The molecule has 2 aromatic rings. The van der Waals surface area contributed by atoms with Crippen LogP contribution in [0.5, 0.6) is 0 Å². The Hall–Kier alpha value is -2.77. The van der Waals surface area contributed by atoms with Gasteiger partial charge in [-0.25, -0.2) is 14.2 Å². The van der Waals surface area contributed by atoms with Gasteiger partial charge < -0.3 is 10.1 Å². The standard InChI is InChI=1S/C19H22FN3O4/c1-2-27-18(26)19(8-4-3-5-9-19)22-16(24)11-23-12-21-15-7-6-13(20)10-14(15)17(23)25/h6-7,10,12H,2-5,8-9,11H2,1H3,(H,22,24). The Morgan fingerprint density at radius 2 is 2.04 bits per heavy atom. The van der Waals surface area contributed by atoms with Crippen LogP contribution in [0.3, 0.4) is 0 Å². The molecule has 27 heavy (non-hydrogen) atoms. The molecular formula is C19H22FN3O4. The molecule has 1 aromatic carbocycles. The Kier molecular flexibility index (Phi) is 5.53. The van der Waals surface area contributed by atoms with E-state index in [1.165, 1.54) is 18.5 Å². The fourth-order valence-corrected chi connectivity index (χ4v) is 3.51. The van der Waals surface area contributed by atoms with Gasteiger partial charge >= 0.3 is 5.97 Å². The van der Waals surface area contributed by atoms with E-state index in [0.717, 1.165) is 29.9 Å². The molecule has 1 saturated carbocycles. The molecule has 0 saturated heterocycles. The first-order valence-corrected chi connectivity index (χ1v) is 9.08. The van der Waals surface area contributed by atoms with Crippen molar-refractivity contribution in [1.29, 1.82) is 0 Å². The van der Waals surface area contributed by atoms with Gasteiger partial charge in [-0.15, -0.1) is 0 Å². The zero-order valence-corrected chi connectivity index (χ0v) is 15.2. The number of esters is 1. The summed E-state index contributed by atoms with van der Waals surface area (Å²) in [4.78, 5) is 41.6. The lowest BCUT2D eigenvalue weighted by molar-refractivity contribution is -0.155. The van der Waals surface area contributed by atoms with Gasteiger partial charge in [0, 0.05) is 0 Å². The van der Waals surface area contributed by atoms with Gasteiger partial charge in [0.2, 0.25) is 5.91 Å². The van der Waals surface area contributed by atoms with Crippen LogP contribution < -0.4 is 10.9 Å². The summed E-state index contributed by atoms with van der Waals surface area (Å²) in [7, 11) is 0. The first kappa shape index (κ1) is 19.0. The molecule has 8 heteroatoms. The molecule has 144 valence electrons. The number of rotatable bonds is 5. The number of hydrogen-bond acceptors (Lipinski definition) is 5. The van der Waals surface area contributed by atoms with Crippen LogP contribution in [0.25, 0.3) is 10.9 Å². The van der Waals surface area contributed by atoms with Gasteiger partial charge in [0.05, 0.1) is 23.8 Å². The number of halogens is 1. The molecule has 0 bridgehead atoms. The molecule has 1 amide bonds.